The van der Waals surface area contributed by atoms with Crippen molar-refractivity contribution in [2.75, 3.05) is 20.2 Å². The van der Waals surface area contributed by atoms with E-state index in [0.29, 0.717) is 6.54 Å². The molecule has 124 valence electrons. The Morgan fingerprint density at radius 2 is 1.91 bits per heavy atom. The van der Waals surface area contributed by atoms with Crippen molar-refractivity contribution in [3.8, 4) is 0 Å². The zero-order valence-electron chi connectivity index (χ0n) is 13.9. The van der Waals surface area contributed by atoms with Crippen LogP contribution in [0.15, 0.2) is 24.3 Å². The van der Waals surface area contributed by atoms with Crippen molar-refractivity contribution in [2.24, 2.45) is 5.73 Å². The van der Waals surface area contributed by atoms with Gasteiger partial charge in [-0.25, -0.2) is 0 Å². The summed E-state index contributed by atoms with van der Waals surface area (Å²) in [6, 6.07) is 7.82. The summed E-state index contributed by atoms with van der Waals surface area (Å²) in [5.74, 6) is -0.178. The van der Waals surface area contributed by atoms with Crippen molar-refractivity contribution < 1.29 is 14.6 Å². The fourth-order valence-corrected chi connectivity index (χ4v) is 2.08. The third-order valence-corrected chi connectivity index (χ3v) is 3.66. The van der Waals surface area contributed by atoms with Crippen LogP contribution in [0, 0.1) is 0 Å². The topological polar surface area (TPSA) is 84.6 Å². The predicted octanol–water partition coefficient (Wildman–Crippen LogP) is 1.50. The Hall–Kier alpha value is -1.43. The number of rotatable bonds is 7. The molecule has 0 saturated carbocycles. The van der Waals surface area contributed by atoms with E-state index >= 15 is 0 Å². The largest absolute Gasteiger partial charge is 0.387 e. The maximum Gasteiger partial charge on any atom is 0.222 e. The molecular formula is C17H28N2O3. The lowest BCUT2D eigenvalue weighted by Gasteiger charge is -2.20. The van der Waals surface area contributed by atoms with Gasteiger partial charge in [-0.05, 0) is 16.5 Å². The van der Waals surface area contributed by atoms with Gasteiger partial charge in [0.25, 0.3) is 0 Å². The van der Waals surface area contributed by atoms with E-state index in [4.69, 9.17) is 10.5 Å². The highest BCUT2D eigenvalue weighted by Gasteiger charge is 2.16. The Balaban J connectivity index is 2.52. The van der Waals surface area contributed by atoms with Crippen molar-refractivity contribution in [2.45, 2.75) is 44.8 Å². The number of hydrogen-bond donors (Lipinski definition) is 3. The van der Waals surface area contributed by atoms with Gasteiger partial charge in [-0.1, -0.05) is 45.0 Å². The number of aliphatic hydroxyl groups excluding tert-OH is 1. The maximum absolute atomic E-state index is 11.7. The number of aliphatic hydroxyl groups is 1. The summed E-state index contributed by atoms with van der Waals surface area (Å²) in [5.41, 5.74) is 7.55. The normalized spacial score (nSPS) is 14.5. The number of methoxy groups -OCH3 is 1. The zero-order valence-corrected chi connectivity index (χ0v) is 13.9. The van der Waals surface area contributed by atoms with Crippen LogP contribution < -0.4 is 11.1 Å². The number of nitrogens with two attached hydrogens (primary N) is 1. The molecule has 4 N–H and O–H groups in total. The molecule has 5 heteroatoms. The standard InChI is InChI=1S/C17H28N2O3/c1-17(2,3)13-7-5-12(6-8-13)15(20)11-19-16(21)9-14(10-18)22-4/h5-8,14-15,20H,9-11,18H2,1-4H3,(H,19,21). The molecule has 0 saturated heterocycles. The predicted molar refractivity (Wildman–Crippen MR) is 87.6 cm³/mol. The number of ether oxygens (including phenoxy) is 1. The highest BCUT2D eigenvalue weighted by atomic mass is 16.5. The summed E-state index contributed by atoms with van der Waals surface area (Å²) in [7, 11) is 1.52. The Kier molecular flexibility index (Phi) is 7.00. The van der Waals surface area contributed by atoms with E-state index in [1.807, 2.05) is 24.3 Å². The minimum atomic E-state index is -0.725. The Morgan fingerprint density at radius 3 is 2.36 bits per heavy atom. The molecule has 1 amide bonds. The quantitative estimate of drug-likeness (QED) is 0.712. The van der Waals surface area contributed by atoms with Gasteiger partial charge in [0, 0.05) is 20.2 Å². The first-order chi connectivity index (χ1) is 10.3. The average Bonchev–Trinajstić information content (AvgIpc) is 2.49. The minimum absolute atomic E-state index is 0.0785. The first-order valence-corrected chi connectivity index (χ1v) is 7.56. The van der Waals surface area contributed by atoms with Gasteiger partial charge in [-0.2, -0.15) is 0 Å². The van der Waals surface area contributed by atoms with Crippen LogP contribution in [0.4, 0.5) is 0 Å². The number of hydrogen-bond acceptors (Lipinski definition) is 4. The molecule has 0 spiro atoms. The summed E-state index contributed by atoms with van der Waals surface area (Å²) in [6.07, 6.45) is -0.817. The van der Waals surface area contributed by atoms with E-state index < -0.39 is 6.10 Å². The molecule has 5 nitrogen and oxygen atoms in total. The van der Waals surface area contributed by atoms with Gasteiger partial charge in [0.05, 0.1) is 18.6 Å². The summed E-state index contributed by atoms with van der Waals surface area (Å²) in [6.45, 7) is 6.89. The number of nitrogens with one attached hydrogen (secondary N) is 1. The van der Waals surface area contributed by atoms with Gasteiger partial charge in [0.15, 0.2) is 0 Å². The Bertz CT molecular complexity index is 462. The van der Waals surface area contributed by atoms with E-state index in [2.05, 4.69) is 26.1 Å². The van der Waals surface area contributed by atoms with E-state index in [1.54, 1.807) is 0 Å². The number of amides is 1. The molecule has 0 aliphatic carbocycles. The third-order valence-electron chi connectivity index (χ3n) is 3.66. The van der Waals surface area contributed by atoms with Crippen LogP contribution in [-0.4, -0.2) is 37.3 Å². The summed E-state index contributed by atoms with van der Waals surface area (Å²) in [5, 5.41) is 12.8. The van der Waals surface area contributed by atoms with Crippen molar-refractivity contribution >= 4 is 5.91 Å². The second-order valence-electron chi connectivity index (χ2n) is 6.49. The van der Waals surface area contributed by atoms with Crippen LogP contribution in [0.3, 0.4) is 0 Å². The molecule has 1 aromatic carbocycles. The lowest BCUT2D eigenvalue weighted by atomic mass is 9.86. The van der Waals surface area contributed by atoms with Gasteiger partial charge in [-0.3, -0.25) is 4.79 Å². The second-order valence-corrected chi connectivity index (χ2v) is 6.49. The second kappa shape index (κ2) is 8.27. The number of carbonyl (C=O) groups excluding carboxylic acids is 1. The van der Waals surface area contributed by atoms with Crippen molar-refractivity contribution in [3.05, 3.63) is 35.4 Å². The van der Waals surface area contributed by atoms with Crippen molar-refractivity contribution in [1.29, 1.82) is 0 Å². The third kappa shape index (κ3) is 5.75. The monoisotopic (exact) mass is 308 g/mol. The molecule has 0 bridgehead atoms. The fraction of sp³-hybridized carbons (Fsp3) is 0.588. The Morgan fingerprint density at radius 1 is 1.32 bits per heavy atom. The molecule has 0 aromatic heterocycles. The molecule has 1 rings (SSSR count). The molecular weight excluding hydrogens is 280 g/mol. The number of carbonyl (C=O) groups is 1. The lowest BCUT2D eigenvalue weighted by Crippen LogP contribution is -2.34. The summed E-state index contributed by atoms with van der Waals surface area (Å²) < 4.78 is 5.06. The van der Waals surface area contributed by atoms with Crippen LogP contribution in [-0.2, 0) is 14.9 Å². The molecule has 2 atom stereocenters. The van der Waals surface area contributed by atoms with E-state index in [1.165, 1.54) is 12.7 Å². The average molecular weight is 308 g/mol. The highest BCUT2D eigenvalue weighted by Crippen LogP contribution is 2.23. The minimum Gasteiger partial charge on any atom is -0.387 e. The Labute approximate surface area is 132 Å². The maximum atomic E-state index is 11.7. The molecule has 0 aliphatic heterocycles. The first kappa shape index (κ1) is 18.6. The van der Waals surface area contributed by atoms with Crippen LogP contribution in [0.2, 0.25) is 0 Å². The molecule has 22 heavy (non-hydrogen) atoms. The SMILES string of the molecule is COC(CN)CC(=O)NCC(O)c1ccc(C(C)(C)C)cc1. The summed E-state index contributed by atoms with van der Waals surface area (Å²) >= 11 is 0. The molecule has 0 heterocycles. The number of benzene rings is 1. The molecule has 0 aliphatic rings. The van der Waals surface area contributed by atoms with Crippen LogP contribution >= 0.6 is 0 Å². The van der Waals surface area contributed by atoms with Gasteiger partial charge >= 0.3 is 0 Å². The van der Waals surface area contributed by atoms with E-state index in [9.17, 15) is 9.90 Å². The van der Waals surface area contributed by atoms with Gasteiger partial charge in [0.2, 0.25) is 5.91 Å². The first-order valence-electron chi connectivity index (χ1n) is 7.56. The van der Waals surface area contributed by atoms with E-state index in [-0.39, 0.29) is 30.4 Å². The highest BCUT2D eigenvalue weighted by molar-refractivity contribution is 5.76. The van der Waals surface area contributed by atoms with Crippen molar-refractivity contribution in [1.82, 2.24) is 5.32 Å². The lowest BCUT2D eigenvalue weighted by molar-refractivity contribution is -0.123. The van der Waals surface area contributed by atoms with Gasteiger partial charge in [-0.15, -0.1) is 0 Å². The van der Waals surface area contributed by atoms with E-state index in [0.717, 1.165) is 5.56 Å². The zero-order chi connectivity index (χ0) is 16.8. The van der Waals surface area contributed by atoms with Crippen LogP contribution in [0.1, 0.15) is 44.4 Å². The molecule has 1 aromatic rings. The molecule has 0 fully saturated rings. The molecule has 0 radical (unpaired) electrons. The van der Waals surface area contributed by atoms with Crippen LogP contribution in [0.25, 0.3) is 0 Å². The fourth-order valence-electron chi connectivity index (χ4n) is 2.08. The molecule has 2 unspecified atom stereocenters. The van der Waals surface area contributed by atoms with Gasteiger partial charge in [0.1, 0.15) is 0 Å². The smallest absolute Gasteiger partial charge is 0.222 e. The van der Waals surface area contributed by atoms with Crippen molar-refractivity contribution in [3.63, 3.8) is 0 Å². The van der Waals surface area contributed by atoms with Gasteiger partial charge < -0.3 is 20.9 Å². The summed E-state index contributed by atoms with van der Waals surface area (Å²) in [4.78, 5) is 11.7. The van der Waals surface area contributed by atoms with Crippen LogP contribution in [0.5, 0.6) is 0 Å².